The van der Waals surface area contributed by atoms with Gasteiger partial charge in [0.2, 0.25) is 0 Å². The summed E-state index contributed by atoms with van der Waals surface area (Å²) in [5, 5.41) is 9.62. The molecule has 4 nitrogen and oxygen atoms in total. The smallest absolute Gasteiger partial charge is 0.0834 e. The SMILES string of the molecule is CC[C@@H](O)CN1CCC(O[C@@H]2CCOC2)CC1. The molecule has 2 aliphatic heterocycles. The summed E-state index contributed by atoms with van der Waals surface area (Å²) < 4.78 is 11.3. The maximum atomic E-state index is 9.62. The van der Waals surface area contributed by atoms with Gasteiger partial charge in [-0.1, -0.05) is 6.92 Å². The van der Waals surface area contributed by atoms with Crippen molar-refractivity contribution < 1.29 is 14.6 Å². The van der Waals surface area contributed by atoms with E-state index in [4.69, 9.17) is 9.47 Å². The number of aliphatic hydroxyl groups is 1. The number of β-amino-alcohol motifs (C(OH)–C–C–N with tert-alkyl or cyclic N) is 1. The van der Waals surface area contributed by atoms with Gasteiger partial charge in [0.25, 0.3) is 0 Å². The number of likely N-dealkylation sites (tertiary alicyclic amines) is 1. The number of aliphatic hydroxyl groups excluding tert-OH is 1. The predicted molar refractivity (Wildman–Crippen MR) is 66.1 cm³/mol. The molecular formula is C13H25NO3. The number of nitrogens with zero attached hydrogens (tertiary/aromatic N) is 1. The van der Waals surface area contributed by atoms with Gasteiger partial charge in [0.15, 0.2) is 0 Å². The van der Waals surface area contributed by atoms with Gasteiger partial charge < -0.3 is 19.5 Å². The lowest BCUT2D eigenvalue weighted by Gasteiger charge is -2.33. The third-order valence-corrected chi connectivity index (χ3v) is 3.75. The maximum Gasteiger partial charge on any atom is 0.0834 e. The van der Waals surface area contributed by atoms with Crippen molar-refractivity contribution in [1.29, 1.82) is 0 Å². The van der Waals surface area contributed by atoms with Gasteiger partial charge in [-0.3, -0.25) is 0 Å². The van der Waals surface area contributed by atoms with Crippen LogP contribution in [0.3, 0.4) is 0 Å². The first kappa shape index (κ1) is 13.3. The summed E-state index contributed by atoms with van der Waals surface area (Å²) in [7, 11) is 0. The molecule has 2 aliphatic rings. The van der Waals surface area contributed by atoms with Crippen molar-refractivity contribution in [1.82, 2.24) is 4.90 Å². The number of piperidine rings is 1. The maximum absolute atomic E-state index is 9.62. The van der Waals surface area contributed by atoms with Crippen LogP contribution in [0.1, 0.15) is 32.6 Å². The molecule has 0 aromatic rings. The van der Waals surface area contributed by atoms with E-state index in [2.05, 4.69) is 4.90 Å². The average molecular weight is 243 g/mol. The fourth-order valence-corrected chi connectivity index (χ4v) is 2.55. The van der Waals surface area contributed by atoms with E-state index < -0.39 is 0 Å². The van der Waals surface area contributed by atoms with Crippen LogP contribution in [0, 0.1) is 0 Å². The summed E-state index contributed by atoms with van der Waals surface area (Å²) in [4.78, 5) is 2.35. The molecule has 2 fully saturated rings. The van der Waals surface area contributed by atoms with E-state index in [9.17, 15) is 5.11 Å². The minimum absolute atomic E-state index is 0.171. The van der Waals surface area contributed by atoms with Crippen LogP contribution >= 0.6 is 0 Å². The molecule has 2 rings (SSSR count). The summed E-state index contributed by atoms with van der Waals surface area (Å²) in [6, 6.07) is 0. The van der Waals surface area contributed by atoms with E-state index in [1.165, 1.54) is 0 Å². The van der Waals surface area contributed by atoms with Crippen molar-refractivity contribution >= 4 is 0 Å². The minimum atomic E-state index is -0.171. The van der Waals surface area contributed by atoms with Crippen molar-refractivity contribution in [2.45, 2.75) is 50.9 Å². The number of rotatable bonds is 5. The van der Waals surface area contributed by atoms with Gasteiger partial charge in [0, 0.05) is 26.2 Å². The van der Waals surface area contributed by atoms with Gasteiger partial charge in [0.1, 0.15) is 0 Å². The average Bonchev–Trinajstić information content (AvgIpc) is 2.84. The lowest BCUT2D eigenvalue weighted by atomic mass is 10.1. The van der Waals surface area contributed by atoms with E-state index in [0.29, 0.717) is 12.2 Å². The molecule has 0 aromatic carbocycles. The molecule has 0 aromatic heterocycles. The quantitative estimate of drug-likeness (QED) is 0.783. The molecule has 0 spiro atoms. The van der Waals surface area contributed by atoms with Crippen LogP contribution in [0.2, 0.25) is 0 Å². The topological polar surface area (TPSA) is 41.9 Å². The Labute approximate surface area is 104 Å². The molecule has 2 atom stereocenters. The first-order valence-electron chi connectivity index (χ1n) is 6.91. The molecular weight excluding hydrogens is 218 g/mol. The van der Waals surface area contributed by atoms with Gasteiger partial charge in [-0.15, -0.1) is 0 Å². The van der Waals surface area contributed by atoms with Crippen LogP contribution < -0.4 is 0 Å². The highest BCUT2D eigenvalue weighted by Crippen LogP contribution is 2.19. The van der Waals surface area contributed by atoms with Crippen LogP contribution in [-0.4, -0.2) is 61.2 Å². The number of hydrogen-bond acceptors (Lipinski definition) is 4. The molecule has 4 heteroatoms. The van der Waals surface area contributed by atoms with E-state index >= 15 is 0 Å². The van der Waals surface area contributed by atoms with Gasteiger partial charge in [-0.25, -0.2) is 0 Å². The summed E-state index contributed by atoms with van der Waals surface area (Å²) in [5.41, 5.74) is 0. The van der Waals surface area contributed by atoms with Crippen molar-refractivity contribution in [3.8, 4) is 0 Å². The van der Waals surface area contributed by atoms with Crippen LogP contribution in [0.25, 0.3) is 0 Å². The van der Waals surface area contributed by atoms with Crippen molar-refractivity contribution in [3.63, 3.8) is 0 Å². The lowest BCUT2D eigenvalue weighted by Crippen LogP contribution is -2.41. The fraction of sp³-hybridized carbons (Fsp3) is 1.00. The predicted octanol–water partition coefficient (Wildman–Crippen LogP) is 1.03. The second-order valence-corrected chi connectivity index (χ2v) is 5.18. The monoisotopic (exact) mass is 243 g/mol. The Morgan fingerprint density at radius 1 is 1.29 bits per heavy atom. The molecule has 17 heavy (non-hydrogen) atoms. The van der Waals surface area contributed by atoms with Gasteiger partial charge in [-0.05, 0) is 25.7 Å². The molecule has 2 heterocycles. The van der Waals surface area contributed by atoms with Crippen molar-refractivity contribution in [3.05, 3.63) is 0 Å². The largest absolute Gasteiger partial charge is 0.392 e. The molecule has 0 saturated carbocycles. The normalized spacial score (nSPS) is 29.6. The molecule has 2 saturated heterocycles. The van der Waals surface area contributed by atoms with Gasteiger partial charge >= 0.3 is 0 Å². The van der Waals surface area contributed by atoms with E-state index in [0.717, 1.165) is 58.5 Å². The van der Waals surface area contributed by atoms with Crippen molar-refractivity contribution in [2.75, 3.05) is 32.8 Å². The second kappa shape index (κ2) is 6.69. The molecule has 1 N–H and O–H groups in total. The summed E-state index contributed by atoms with van der Waals surface area (Å²) >= 11 is 0. The van der Waals surface area contributed by atoms with E-state index in [1.807, 2.05) is 6.92 Å². The van der Waals surface area contributed by atoms with Crippen LogP contribution in [-0.2, 0) is 9.47 Å². The Morgan fingerprint density at radius 2 is 2.06 bits per heavy atom. The Balaban J connectivity index is 1.63. The molecule has 0 amide bonds. The highest BCUT2D eigenvalue weighted by atomic mass is 16.5. The molecule has 0 radical (unpaired) electrons. The lowest BCUT2D eigenvalue weighted by molar-refractivity contribution is -0.0479. The Morgan fingerprint density at radius 3 is 2.65 bits per heavy atom. The third kappa shape index (κ3) is 4.21. The highest BCUT2D eigenvalue weighted by Gasteiger charge is 2.25. The molecule has 0 unspecified atom stereocenters. The van der Waals surface area contributed by atoms with Gasteiger partial charge in [0.05, 0.1) is 24.9 Å². The standard InChI is InChI=1S/C13H25NO3/c1-2-11(15)9-14-6-3-12(4-7-14)17-13-5-8-16-10-13/h11-13,15H,2-10H2,1H3/t11-,13-/m1/s1. The van der Waals surface area contributed by atoms with E-state index in [-0.39, 0.29) is 6.10 Å². The third-order valence-electron chi connectivity index (χ3n) is 3.75. The number of hydrogen-bond donors (Lipinski definition) is 1. The zero-order valence-electron chi connectivity index (χ0n) is 10.8. The zero-order valence-corrected chi connectivity index (χ0v) is 10.8. The summed E-state index contributed by atoms with van der Waals surface area (Å²) in [6.45, 7) is 6.57. The Bertz CT molecular complexity index is 211. The minimum Gasteiger partial charge on any atom is -0.392 e. The van der Waals surface area contributed by atoms with Gasteiger partial charge in [-0.2, -0.15) is 0 Å². The van der Waals surface area contributed by atoms with E-state index in [1.54, 1.807) is 0 Å². The fourth-order valence-electron chi connectivity index (χ4n) is 2.55. The van der Waals surface area contributed by atoms with Crippen molar-refractivity contribution in [2.24, 2.45) is 0 Å². The molecule has 100 valence electrons. The first-order chi connectivity index (χ1) is 8.28. The van der Waals surface area contributed by atoms with Crippen LogP contribution in [0.4, 0.5) is 0 Å². The molecule has 0 bridgehead atoms. The number of ether oxygens (including phenoxy) is 2. The highest BCUT2D eigenvalue weighted by molar-refractivity contribution is 4.76. The summed E-state index contributed by atoms with van der Waals surface area (Å²) in [5.74, 6) is 0. The second-order valence-electron chi connectivity index (χ2n) is 5.18. The van der Waals surface area contributed by atoms with Crippen LogP contribution in [0.15, 0.2) is 0 Å². The van der Waals surface area contributed by atoms with Crippen LogP contribution in [0.5, 0.6) is 0 Å². The summed E-state index contributed by atoms with van der Waals surface area (Å²) in [6.07, 6.45) is 4.63. The Hall–Kier alpha value is -0.160. The zero-order chi connectivity index (χ0) is 12.1. The molecule has 0 aliphatic carbocycles. The first-order valence-corrected chi connectivity index (χ1v) is 6.91. The Kier molecular flexibility index (Phi) is 5.22.